The van der Waals surface area contributed by atoms with Crippen LogP contribution in [0, 0.1) is 0 Å². The van der Waals surface area contributed by atoms with Gasteiger partial charge in [0.2, 0.25) is 0 Å². The minimum Gasteiger partial charge on any atom is -0.379 e. The Kier molecular flexibility index (Phi) is 6.29. The zero-order chi connectivity index (χ0) is 15.1. The van der Waals surface area contributed by atoms with Crippen molar-refractivity contribution in [3.63, 3.8) is 0 Å². The van der Waals surface area contributed by atoms with Crippen LogP contribution in [0.25, 0.3) is 0 Å². The molecule has 116 valence electrons. The quantitative estimate of drug-likeness (QED) is 0.654. The SMILES string of the molecule is CN=C(NC)NCC(c1ccccc1Cl)N1CCOCC1. The van der Waals surface area contributed by atoms with Crippen molar-refractivity contribution < 1.29 is 4.74 Å². The maximum Gasteiger partial charge on any atom is 0.190 e. The molecule has 1 aromatic carbocycles. The molecule has 1 aromatic rings. The number of hydrogen-bond acceptors (Lipinski definition) is 3. The van der Waals surface area contributed by atoms with Gasteiger partial charge in [0, 0.05) is 38.8 Å². The number of hydrogen-bond donors (Lipinski definition) is 2. The van der Waals surface area contributed by atoms with Crippen molar-refractivity contribution in [2.75, 3.05) is 46.9 Å². The van der Waals surface area contributed by atoms with E-state index < -0.39 is 0 Å². The Morgan fingerprint density at radius 1 is 1.38 bits per heavy atom. The van der Waals surface area contributed by atoms with Gasteiger partial charge in [0.1, 0.15) is 0 Å². The second-order valence-electron chi connectivity index (χ2n) is 4.89. The summed E-state index contributed by atoms with van der Waals surface area (Å²) in [7, 11) is 3.62. The van der Waals surface area contributed by atoms with E-state index in [2.05, 4.69) is 26.6 Å². The molecule has 2 rings (SSSR count). The summed E-state index contributed by atoms with van der Waals surface area (Å²) < 4.78 is 5.45. The van der Waals surface area contributed by atoms with Crippen LogP contribution in [0.5, 0.6) is 0 Å². The van der Waals surface area contributed by atoms with Crippen molar-refractivity contribution in [2.45, 2.75) is 6.04 Å². The molecule has 1 fully saturated rings. The topological polar surface area (TPSA) is 48.9 Å². The third kappa shape index (κ3) is 4.33. The molecule has 6 heteroatoms. The fourth-order valence-electron chi connectivity index (χ4n) is 2.54. The number of benzene rings is 1. The average Bonchev–Trinajstić information content (AvgIpc) is 2.54. The molecular weight excluding hydrogens is 288 g/mol. The van der Waals surface area contributed by atoms with Gasteiger partial charge >= 0.3 is 0 Å². The fourth-order valence-corrected chi connectivity index (χ4v) is 2.80. The van der Waals surface area contributed by atoms with Gasteiger partial charge in [0.05, 0.1) is 19.3 Å². The van der Waals surface area contributed by atoms with Gasteiger partial charge in [0.25, 0.3) is 0 Å². The lowest BCUT2D eigenvalue weighted by atomic mass is 10.0. The molecule has 21 heavy (non-hydrogen) atoms. The summed E-state index contributed by atoms with van der Waals surface area (Å²) >= 11 is 6.39. The van der Waals surface area contributed by atoms with Crippen molar-refractivity contribution in [3.8, 4) is 0 Å². The standard InChI is InChI=1S/C15H23ClN4O/c1-17-15(18-2)19-11-14(20-7-9-21-10-8-20)12-5-3-4-6-13(12)16/h3-6,14H,7-11H2,1-2H3,(H2,17,18,19). The largest absolute Gasteiger partial charge is 0.379 e. The molecule has 0 radical (unpaired) electrons. The van der Waals surface area contributed by atoms with Crippen molar-refractivity contribution in [1.82, 2.24) is 15.5 Å². The summed E-state index contributed by atoms with van der Waals surface area (Å²) in [4.78, 5) is 6.56. The van der Waals surface area contributed by atoms with E-state index in [4.69, 9.17) is 16.3 Å². The van der Waals surface area contributed by atoms with Crippen molar-refractivity contribution in [1.29, 1.82) is 0 Å². The molecule has 0 aromatic heterocycles. The highest BCUT2D eigenvalue weighted by atomic mass is 35.5. The molecular formula is C15H23ClN4O. The van der Waals surface area contributed by atoms with Crippen LogP contribution in [-0.2, 0) is 4.74 Å². The molecule has 0 saturated carbocycles. The minimum atomic E-state index is 0.202. The molecule has 1 heterocycles. The van der Waals surface area contributed by atoms with Crippen LogP contribution in [-0.4, -0.2) is 57.8 Å². The molecule has 0 bridgehead atoms. The molecule has 1 saturated heterocycles. The van der Waals surface area contributed by atoms with Gasteiger partial charge in [0.15, 0.2) is 5.96 Å². The van der Waals surface area contributed by atoms with E-state index in [0.29, 0.717) is 0 Å². The Labute approximate surface area is 131 Å². The number of nitrogens with zero attached hydrogens (tertiary/aromatic N) is 2. The van der Waals surface area contributed by atoms with E-state index in [1.807, 2.05) is 25.2 Å². The Hall–Kier alpha value is -1.30. The van der Waals surface area contributed by atoms with Gasteiger partial charge in [-0.1, -0.05) is 29.8 Å². The summed E-state index contributed by atoms with van der Waals surface area (Å²) in [5.74, 6) is 0.778. The summed E-state index contributed by atoms with van der Waals surface area (Å²) in [6.07, 6.45) is 0. The Bertz CT molecular complexity index is 474. The van der Waals surface area contributed by atoms with Crippen LogP contribution < -0.4 is 10.6 Å². The molecule has 0 spiro atoms. The normalized spacial score (nSPS) is 18.3. The monoisotopic (exact) mass is 310 g/mol. The fraction of sp³-hybridized carbons (Fsp3) is 0.533. The zero-order valence-electron chi connectivity index (χ0n) is 12.6. The third-order valence-electron chi connectivity index (χ3n) is 3.67. The Morgan fingerprint density at radius 3 is 2.71 bits per heavy atom. The summed E-state index contributed by atoms with van der Waals surface area (Å²) in [5.41, 5.74) is 1.14. The zero-order valence-corrected chi connectivity index (χ0v) is 13.4. The van der Waals surface area contributed by atoms with Crippen LogP contribution in [0.4, 0.5) is 0 Å². The summed E-state index contributed by atoms with van der Waals surface area (Å²) in [6, 6.07) is 8.22. The minimum absolute atomic E-state index is 0.202. The summed E-state index contributed by atoms with van der Waals surface area (Å²) in [6.45, 7) is 4.10. The third-order valence-corrected chi connectivity index (χ3v) is 4.02. The Morgan fingerprint density at radius 2 is 2.10 bits per heavy atom. The summed E-state index contributed by atoms with van der Waals surface area (Å²) in [5, 5.41) is 7.18. The van der Waals surface area contributed by atoms with Crippen molar-refractivity contribution >= 4 is 17.6 Å². The van der Waals surface area contributed by atoms with Crippen LogP contribution in [0.1, 0.15) is 11.6 Å². The number of morpholine rings is 1. The lowest BCUT2D eigenvalue weighted by Crippen LogP contribution is -2.45. The van der Waals surface area contributed by atoms with Crippen LogP contribution in [0.15, 0.2) is 29.3 Å². The molecule has 2 N–H and O–H groups in total. The van der Waals surface area contributed by atoms with Gasteiger partial charge in [-0.3, -0.25) is 9.89 Å². The second-order valence-corrected chi connectivity index (χ2v) is 5.30. The van der Waals surface area contributed by atoms with E-state index in [1.165, 1.54) is 0 Å². The van der Waals surface area contributed by atoms with Gasteiger partial charge in [-0.2, -0.15) is 0 Å². The first-order chi connectivity index (χ1) is 10.3. The van der Waals surface area contributed by atoms with E-state index in [1.54, 1.807) is 7.05 Å². The number of rotatable bonds is 4. The molecule has 1 unspecified atom stereocenters. The number of aliphatic imine (C=N–C) groups is 1. The first kappa shape index (κ1) is 16.1. The molecule has 1 atom stereocenters. The van der Waals surface area contributed by atoms with E-state index >= 15 is 0 Å². The lowest BCUT2D eigenvalue weighted by molar-refractivity contribution is 0.0170. The predicted octanol–water partition coefficient (Wildman–Crippen LogP) is 1.51. The molecule has 1 aliphatic rings. The van der Waals surface area contributed by atoms with E-state index in [0.717, 1.165) is 49.4 Å². The average molecular weight is 311 g/mol. The lowest BCUT2D eigenvalue weighted by Gasteiger charge is -2.35. The van der Waals surface area contributed by atoms with E-state index in [-0.39, 0.29) is 6.04 Å². The highest BCUT2D eigenvalue weighted by Gasteiger charge is 2.24. The van der Waals surface area contributed by atoms with Crippen LogP contribution in [0.3, 0.4) is 0 Å². The number of halogens is 1. The van der Waals surface area contributed by atoms with Crippen LogP contribution in [0.2, 0.25) is 5.02 Å². The number of ether oxygens (including phenoxy) is 1. The number of nitrogens with one attached hydrogen (secondary N) is 2. The van der Waals surface area contributed by atoms with Crippen molar-refractivity contribution in [2.24, 2.45) is 4.99 Å². The highest BCUT2D eigenvalue weighted by Crippen LogP contribution is 2.27. The first-order valence-corrected chi connectivity index (χ1v) is 7.58. The van der Waals surface area contributed by atoms with Crippen molar-refractivity contribution in [3.05, 3.63) is 34.9 Å². The maximum absolute atomic E-state index is 6.39. The smallest absolute Gasteiger partial charge is 0.190 e. The molecule has 1 aliphatic heterocycles. The Balaban J connectivity index is 2.15. The van der Waals surface area contributed by atoms with Crippen LogP contribution >= 0.6 is 11.6 Å². The van der Waals surface area contributed by atoms with Gasteiger partial charge < -0.3 is 15.4 Å². The van der Waals surface area contributed by atoms with Gasteiger partial charge in [-0.15, -0.1) is 0 Å². The molecule has 5 nitrogen and oxygen atoms in total. The highest BCUT2D eigenvalue weighted by molar-refractivity contribution is 6.31. The second kappa shape index (κ2) is 8.22. The maximum atomic E-state index is 6.39. The van der Waals surface area contributed by atoms with Gasteiger partial charge in [-0.25, -0.2) is 0 Å². The van der Waals surface area contributed by atoms with Gasteiger partial charge in [-0.05, 0) is 11.6 Å². The van der Waals surface area contributed by atoms with E-state index in [9.17, 15) is 0 Å². The first-order valence-electron chi connectivity index (χ1n) is 7.21. The molecule has 0 aliphatic carbocycles. The number of guanidine groups is 1. The predicted molar refractivity (Wildman–Crippen MR) is 87.0 cm³/mol. The molecule has 0 amide bonds.